The molecule has 1 aliphatic carbocycles. The number of rotatable bonds is 0. The third kappa shape index (κ3) is 6.86. The Hall–Kier alpha value is 0.689. The van der Waals surface area contributed by atoms with Crippen LogP contribution in [-0.2, 0) is 20.1 Å². The molecule has 1 nitrogen and oxygen atoms in total. The number of hydrogen-bond donors (Lipinski definition) is 0. The molecule has 164 valence electrons. The Kier molecular flexibility index (Phi) is 10.1. The maximum atomic E-state index is 2.66. The van der Waals surface area contributed by atoms with Crippen molar-refractivity contribution >= 4 is 17.5 Å². The Bertz CT molecular complexity index is 614. The van der Waals surface area contributed by atoms with Crippen molar-refractivity contribution in [2.24, 2.45) is 10.8 Å². The van der Waals surface area contributed by atoms with Gasteiger partial charge in [-0.15, -0.1) is 0 Å². The van der Waals surface area contributed by atoms with Gasteiger partial charge < -0.3 is 0 Å². The van der Waals surface area contributed by atoms with Crippen LogP contribution in [0.15, 0.2) is 32.9 Å². The zero-order valence-corrected chi connectivity index (χ0v) is 25.2. The Morgan fingerprint density at radius 3 is 0.964 bits per heavy atom. The van der Waals surface area contributed by atoms with Gasteiger partial charge in [0.1, 0.15) is 0 Å². The van der Waals surface area contributed by atoms with E-state index < -0.39 is 0 Å². The first-order valence-electron chi connectivity index (χ1n) is 10.2. The second kappa shape index (κ2) is 9.88. The summed E-state index contributed by atoms with van der Waals surface area (Å²) in [6.45, 7) is 32.1. The van der Waals surface area contributed by atoms with E-state index >= 15 is 0 Å². The topological polar surface area (TPSA) is 3.24 Å². The molecule has 1 heterocycles. The van der Waals surface area contributed by atoms with Crippen molar-refractivity contribution in [3.05, 3.63) is 38.8 Å². The minimum Gasteiger partial charge on any atom is -0.253 e. The van der Waals surface area contributed by atoms with Crippen molar-refractivity contribution in [1.82, 2.24) is 4.44 Å². The smallest absolute Gasteiger partial charge is 0.0226 e. The van der Waals surface area contributed by atoms with Gasteiger partial charge in [0.05, 0.1) is 0 Å². The van der Waals surface area contributed by atoms with Crippen molar-refractivity contribution < 1.29 is 20.1 Å². The molecule has 0 amide bonds. The molecule has 2 unspecified atom stereocenters. The monoisotopic (exact) mass is 601 g/mol. The summed E-state index contributed by atoms with van der Waals surface area (Å²) in [5.74, 6) is 1.47. The maximum absolute atomic E-state index is 2.66. The molecular formula is C24H44IrNP2. The minimum atomic E-state index is 0. The summed E-state index contributed by atoms with van der Waals surface area (Å²) in [7, 11) is 1.75. The zero-order chi connectivity index (χ0) is 21.5. The molecule has 0 fully saturated rings. The van der Waals surface area contributed by atoms with Crippen LogP contribution in [0.25, 0.3) is 0 Å². The second-order valence-electron chi connectivity index (χ2n) is 11.1. The molecule has 1 aliphatic heterocycles. The summed E-state index contributed by atoms with van der Waals surface area (Å²) in [5, 5.41) is 3.39. The molecule has 0 aromatic carbocycles. The third-order valence-corrected chi connectivity index (χ3v) is 10.8. The van der Waals surface area contributed by atoms with E-state index in [9.17, 15) is 0 Å². The molecule has 2 rings (SSSR count). The quantitative estimate of drug-likeness (QED) is 0.251. The normalized spacial score (nSPS) is 21.6. The zero-order valence-electron chi connectivity index (χ0n) is 20.8. The van der Waals surface area contributed by atoms with Crippen LogP contribution in [0.4, 0.5) is 0 Å². The van der Waals surface area contributed by atoms with Gasteiger partial charge in [-0.05, 0) is 98.5 Å². The number of nitrogens with zero attached hydrogens (tertiary/aromatic N) is 1. The van der Waals surface area contributed by atoms with Gasteiger partial charge in [-0.1, -0.05) is 59.6 Å². The first-order chi connectivity index (χ1) is 11.9. The largest absolute Gasteiger partial charge is 0.253 e. The first kappa shape index (κ1) is 28.7. The molecule has 0 saturated carbocycles. The average Bonchev–Trinajstić information content (AvgIpc) is 3.02. The third-order valence-electron chi connectivity index (χ3n) is 5.68. The van der Waals surface area contributed by atoms with Crippen molar-refractivity contribution in [2.45, 2.75) is 102 Å². The molecule has 0 aromatic rings. The van der Waals surface area contributed by atoms with Crippen LogP contribution in [0.5, 0.6) is 0 Å². The van der Waals surface area contributed by atoms with E-state index in [4.69, 9.17) is 0 Å². The Morgan fingerprint density at radius 2 is 0.821 bits per heavy atom. The molecule has 2 aliphatic rings. The number of allylic oxidation sites excluding steroid dienone is 6. The fraction of sp³-hybridized carbons (Fsp3) is 0.708. The number of hydrogen-bond acceptors (Lipinski definition) is 1. The van der Waals surface area contributed by atoms with E-state index in [2.05, 4.69) is 101 Å². The molecule has 0 spiro atoms. The van der Waals surface area contributed by atoms with Gasteiger partial charge in [-0.25, -0.2) is 0 Å². The van der Waals surface area contributed by atoms with E-state index in [1.807, 2.05) is 0 Å². The summed E-state index contributed by atoms with van der Waals surface area (Å²) in [4.78, 5) is 0. The summed E-state index contributed by atoms with van der Waals surface area (Å²) in [5.41, 5.74) is 6.79. The van der Waals surface area contributed by atoms with Crippen molar-refractivity contribution in [3.8, 4) is 0 Å². The van der Waals surface area contributed by atoms with Crippen molar-refractivity contribution in [1.29, 1.82) is 0 Å². The molecule has 4 heteroatoms. The van der Waals surface area contributed by atoms with Gasteiger partial charge in [0.25, 0.3) is 0 Å². The van der Waals surface area contributed by atoms with Crippen molar-refractivity contribution in [3.63, 3.8) is 0 Å². The predicted molar refractivity (Wildman–Crippen MR) is 130 cm³/mol. The van der Waals surface area contributed by atoms with E-state index in [-0.39, 0.29) is 20.1 Å². The molecule has 0 saturated heterocycles. The van der Waals surface area contributed by atoms with Crippen LogP contribution in [0.2, 0.25) is 0 Å². The Labute approximate surface area is 193 Å². The fourth-order valence-corrected chi connectivity index (χ4v) is 7.18. The van der Waals surface area contributed by atoms with E-state index in [1.54, 1.807) is 10.6 Å². The van der Waals surface area contributed by atoms with Gasteiger partial charge in [-0.3, -0.25) is 4.44 Å². The molecule has 2 radical (unpaired) electrons. The van der Waals surface area contributed by atoms with Crippen molar-refractivity contribution in [2.75, 3.05) is 0 Å². The Morgan fingerprint density at radius 1 is 0.536 bits per heavy atom. The molecule has 28 heavy (non-hydrogen) atoms. The van der Waals surface area contributed by atoms with Crippen LogP contribution in [-0.4, -0.2) is 9.98 Å². The van der Waals surface area contributed by atoms with Crippen LogP contribution < -0.4 is 0 Å². The second-order valence-corrected chi connectivity index (χ2v) is 13.9. The summed E-state index contributed by atoms with van der Waals surface area (Å²) >= 11 is 0. The standard InChI is InChI=1S/C14H29NP2.C10H15.Ir/c1-12(2,3)10-11(13(4,5)6)17-15(16-10)14(7,8)9;1-6-7(2)9(4)10(5)8(6)3;/h16-17H,1-9H3;1-5H3;. The SMILES string of the molecule is CC(C)(C)C1=C(C(C)(C)C)PN(C(C)(C)C)P1.C[C]1C(C)=C(C)C(C)=C1C.[Ir]. The summed E-state index contributed by atoms with van der Waals surface area (Å²) < 4.78 is 2.66. The molecular weight excluding hydrogens is 556 g/mol. The fourth-order valence-electron chi connectivity index (χ4n) is 3.19. The minimum absolute atomic E-state index is 0. The van der Waals surface area contributed by atoms with Crippen LogP contribution in [0.1, 0.15) is 96.9 Å². The summed E-state index contributed by atoms with van der Waals surface area (Å²) in [6.07, 6.45) is 0. The average molecular weight is 601 g/mol. The van der Waals surface area contributed by atoms with Crippen LogP contribution in [0, 0.1) is 16.7 Å². The van der Waals surface area contributed by atoms with E-state index in [0.29, 0.717) is 16.4 Å². The van der Waals surface area contributed by atoms with E-state index in [1.165, 1.54) is 28.2 Å². The maximum Gasteiger partial charge on any atom is 0.0226 e. The van der Waals surface area contributed by atoms with Gasteiger partial charge in [0.2, 0.25) is 0 Å². The van der Waals surface area contributed by atoms with Gasteiger partial charge in [0, 0.05) is 31.6 Å². The molecule has 0 bridgehead atoms. The molecule has 0 N–H and O–H groups in total. The van der Waals surface area contributed by atoms with Gasteiger partial charge >= 0.3 is 0 Å². The Balaban J connectivity index is 0.000000567. The van der Waals surface area contributed by atoms with Gasteiger partial charge in [-0.2, -0.15) is 0 Å². The molecule has 0 aromatic heterocycles. The summed E-state index contributed by atoms with van der Waals surface area (Å²) in [6, 6.07) is 0. The van der Waals surface area contributed by atoms with Crippen LogP contribution >= 0.6 is 17.5 Å². The predicted octanol–water partition coefficient (Wildman–Crippen LogP) is 8.86. The van der Waals surface area contributed by atoms with Gasteiger partial charge in [0.15, 0.2) is 0 Å². The van der Waals surface area contributed by atoms with Crippen LogP contribution in [0.3, 0.4) is 0 Å². The first-order valence-corrected chi connectivity index (χ1v) is 12.1. The van der Waals surface area contributed by atoms with E-state index in [0.717, 1.165) is 17.5 Å². The molecule has 2 atom stereocenters.